The molecule has 0 fully saturated rings. The minimum Gasteiger partial charge on any atom is -0.319 e. The van der Waals surface area contributed by atoms with E-state index >= 15 is 0 Å². The maximum atomic E-state index is 13.8. The molecule has 1 aromatic carbocycles. The second kappa shape index (κ2) is 4.74. The standard InChI is InChI=1S/C11H11BrF2N4/c1-5-3-6(8(14)4-7(5)13)9(15)10-11(12)16-17-18(10)2/h3-4,9H,15H2,1-2H3. The summed E-state index contributed by atoms with van der Waals surface area (Å²) in [6.07, 6.45) is 0. The zero-order chi connectivity index (χ0) is 13.4. The van der Waals surface area contributed by atoms with Crippen molar-refractivity contribution >= 4 is 15.9 Å². The highest BCUT2D eigenvalue weighted by Crippen LogP contribution is 2.27. The van der Waals surface area contributed by atoms with E-state index in [0.29, 0.717) is 15.9 Å². The Balaban J connectivity index is 2.53. The Morgan fingerprint density at radius 1 is 1.33 bits per heavy atom. The Morgan fingerprint density at radius 3 is 2.56 bits per heavy atom. The summed E-state index contributed by atoms with van der Waals surface area (Å²) >= 11 is 3.20. The largest absolute Gasteiger partial charge is 0.319 e. The lowest BCUT2D eigenvalue weighted by Gasteiger charge is -2.14. The van der Waals surface area contributed by atoms with Crippen LogP contribution in [0.3, 0.4) is 0 Å². The summed E-state index contributed by atoms with van der Waals surface area (Å²) in [4.78, 5) is 0. The van der Waals surface area contributed by atoms with Crippen LogP contribution in [0.15, 0.2) is 16.7 Å². The molecule has 0 aliphatic carbocycles. The third kappa shape index (κ3) is 2.15. The van der Waals surface area contributed by atoms with Crippen LogP contribution in [0, 0.1) is 18.6 Å². The number of halogens is 3. The number of aryl methyl sites for hydroxylation is 2. The molecule has 1 heterocycles. The third-order valence-corrected chi connectivity index (χ3v) is 3.30. The van der Waals surface area contributed by atoms with Crippen molar-refractivity contribution in [3.05, 3.63) is 45.2 Å². The number of nitrogens with zero attached hydrogens (tertiary/aromatic N) is 3. The predicted molar refractivity (Wildman–Crippen MR) is 65.8 cm³/mol. The van der Waals surface area contributed by atoms with Crippen LogP contribution in [0.2, 0.25) is 0 Å². The maximum Gasteiger partial charge on any atom is 0.153 e. The monoisotopic (exact) mass is 316 g/mol. The number of rotatable bonds is 2. The zero-order valence-electron chi connectivity index (χ0n) is 9.78. The third-order valence-electron chi connectivity index (χ3n) is 2.73. The average molecular weight is 317 g/mol. The second-order valence-electron chi connectivity index (χ2n) is 3.99. The normalized spacial score (nSPS) is 12.8. The van der Waals surface area contributed by atoms with Crippen molar-refractivity contribution in [3.8, 4) is 0 Å². The van der Waals surface area contributed by atoms with Crippen LogP contribution in [0.25, 0.3) is 0 Å². The molecule has 0 bridgehead atoms. The van der Waals surface area contributed by atoms with Gasteiger partial charge in [-0.3, -0.25) is 0 Å². The number of benzene rings is 1. The summed E-state index contributed by atoms with van der Waals surface area (Å²) in [5, 5.41) is 7.56. The molecule has 0 amide bonds. The van der Waals surface area contributed by atoms with Gasteiger partial charge in [-0.05, 0) is 34.5 Å². The quantitative estimate of drug-likeness (QED) is 0.924. The lowest BCUT2D eigenvalue weighted by molar-refractivity contribution is 0.554. The SMILES string of the molecule is Cc1cc(C(N)c2c(Br)nnn2C)c(F)cc1F. The molecule has 1 unspecified atom stereocenters. The minimum atomic E-state index is -0.765. The Bertz CT molecular complexity index is 577. The minimum absolute atomic E-state index is 0.208. The second-order valence-corrected chi connectivity index (χ2v) is 4.74. The fourth-order valence-corrected chi connectivity index (χ4v) is 2.31. The molecule has 0 aliphatic heterocycles. The van der Waals surface area contributed by atoms with E-state index in [4.69, 9.17) is 5.73 Å². The molecule has 0 saturated heterocycles. The topological polar surface area (TPSA) is 56.7 Å². The molecular formula is C11H11BrF2N4. The van der Waals surface area contributed by atoms with Crippen molar-refractivity contribution in [1.29, 1.82) is 0 Å². The molecule has 2 N–H and O–H groups in total. The number of hydrogen-bond acceptors (Lipinski definition) is 3. The van der Waals surface area contributed by atoms with Crippen LogP contribution in [0.1, 0.15) is 22.9 Å². The molecular weight excluding hydrogens is 306 g/mol. The van der Waals surface area contributed by atoms with Gasteiger partial charge in [-0.2, -0.15) is 0 Å². The van der Waals surface area contributed by atoms with Crippen LogP contribution >= 0.6 is 15.9 Å². The first-order valence-corrected chi connectivity index (χ1v) is 5.97. The summed E-state index contributed by atoms with van der Waals surface area (Å²) in [7, 11) is 1.65. The van der Waals surface area contributed by atoms with Crippen LogP contribution in [-0.2, 0) is 7.05 Å². The molecule has 2 aromatic rings. The molecule has 2 rings (SSSR count). The molecule has 0 saturated carbocycles. The van der Waals surface area contributed by atoms with E-state index in [-0.39, 0.29) is 5.56 Å². The van der Waals surface area contributed by atoms with E-state index in [1.54, 1.807) is 14.0 Å². The van der Waals surface area contributed by atoms with E-state index in [2.05, 4.69) is 26.2 Å². The van der Waals surface area contributed by atoms with Crippen molar-refractivity contribution in [2.45, 2.75) is 13.0 Å². The molecule has 7 heteroatoms. The van der Waals surface area contributed by atoms with Gasteiger partial charge in [0.2, 0.25) is 0 Å². The number of hydrogen-bond donors (Lipinski definition) is 1. The van der Waals surface area contributed by atoms with Gasteiger partial charge in [0.05, 0.1) is 11.7 Å². The van der Waals surface area contributed by atoms with E-state index in [9.17, 15) is 8.78 Å². The average Bonchev–Trinajstić information content (AvgIpc) is 2.63. The molecule has 18 heavy (non-hydrogen) atoms. The first kappa shape index (κ1) is 13.1. The summed E-state index contributed by atoms with van der Waals surface area (Å²) in [5.74, 6) is -1.27. The van der Waals surface area contributed by atoms with Crippen molar-refractivity contribution in [3.63, 3.8) is 0 Å². The van der Waals surface area contributed by atoms with Crippen LogP contribution in [-0.4, -0.2) is 15.0 Å². The molecule has 0 spiro atoms. The van der Waals surface area contributed by atoms with Gasteiger partial charge in [-0.25, -0.2) is 13.5 Å². The molecule has 1 aromatic heterocycles. The Hall–Kier alpha value is -1.34. The molecule has 0 aliphatic rings. The fourth-order valence-electron chi connectivity index (χ4n) is 1.73. The van der Waals surface area contributed by atoms with Gasteiger partial charge in [0.15, 0.2) is 4.60 Å². The van der Waals surface area contributed by atoms with E-state index in [1.807, 2.05) is 0 Å². The van der Waals surface area contributed by atoms with Crippen molar-refractivity contribution < 1.29 is 8.78 Å². The van der Waals surface area contributed by atoms with E-state index in [0.717, 1.165) is 6.07 Å². The molecule has 96 valence electrons. The first-order chi connectivity index (χ1) is 8.41. The van der Waals surface area contributed by atoms with Gasteiger partial charge in [-0.1, -0.05) is 5.21 Å². The smallest absolute Gasteiger partial charge is 0.153 e. The highest BCUT2D eigenvalue weighted by Gasteiger charge is 2.22. The van der Waals surface area contributed by atoms with Crippen LogP contribution in [0.4, 0.5) is 8.78 Å². The van der Waals surface area contributed by atoms with Gasteiger partial charge < -0.3 is 5.73 Å². The zero-order valence-corrected chi connectivity index (χ0v) is 11.4. The van der Waals surface area contributed by atoms with Gasteiger partial charge in [0, 0.05) is 18.7 Å². The maximum absolute atomic E-state index is 13.8. The summed E-state index contributed by atoms with van der Waals surface area (Å²) in [6.45, 7) is 1.56. The van der Waals surface area contributed by atoms with Crippen LogP contribution in [0.5, 0.6) is 0 Å². The summed E-state index contributed by atoms with van der Waals surface area (Å²) in [5.41, 5.74) is 7.07. The van der Waals surface area contributed by atoms with E-state index in [1.165, 1.54) is 10.7 Å². The number of aromatic nitrogens is 3. The first-order valence-electron chi connectivity index (χ1n) is 5.18. The van der Waals surface area contributed by atoms with E-state index < -0.39 is 17.7 Å². The summed E-state index contributed by atoms with van der Waals surface area (Å²) in [6, 6.07) is 1.47. The molecule has 4 nitrogen and oxygen atoms in total. The van der Waals surface area contributed by atoms with Crippen molar-refractivity contribution in [1.82, 2.24) is 15.0 Å². The number of nitrogens with two attached hydrogens (primary N) is 1. The highest BCUT2D eigenvalue weighted by atomic mass is 79.9. The predicted octanol–water partition coefficient (Wildman–Crippen LogP) is 2.21. The summed E-state index contributed by atoms with van der Waals surface area (Å²) < 4.78 is 28.8. The lowest BCUT2D eigenvalue weighted by Crippen LogP contribution is -2.18. The van der Waals surface area contributed by atoms with Gasteiger partial charge >= 0.3 is 0 Å². The van der Waals surface area contributed by atoms with Crippen molar-refractivity contribution in [2.75, 3.05) is 0 Å². The van der Waals surface area contributed by atoms with Gasteiger partial charge in [0.1, 0.15) is 11.6 Å². The van der Waals surface area contributed by atoms with Crippen molar-refractivity contribution in [2.24, 2.45) is 12.8 Å². The molecule has 1 atom stereocenters. The Labute approximate surface area is 111 Å². The van der Waals surface area contributed by atoms with Crippen LogP contribution < -0.4 is 5.73 Å². The van der Waals surface area contributed by atoms with Gasteiger partial charge in [-0.15, -0.1) is 5.10 Å². The van der Waals surface area contributed by atoms with Gasteiger partial charge in [0.25, 0.3) is 0 Å². The molecule has 0 radical (unpaired) electrons. The Morgan fingerprint density at radius 2 is 2.00 bits per heavy atom. The highest BCUT2D eigenvalue weighted by molar-refractivity contribution is 9.10. The lowest BCUT2D eigenvalue weighted by atomic mass is 10.0. The Kier molecular flexibility index (Phi) is 3.45. The fraction of sp³-hybridized carbons (Fsp3) is 0.273.